The highest BCUT2D eigenvalue weighted by molar-refractivity contribution is 7.99. The van der Waals surface area contributed by atoms with Gasteiger partial charge >= 0.3 is 0 Å². The predicted octanol–water partition coefficient (Wildman–Crippen LogP) is 1.78. The number of rotatable bonds is 2. The van der Waals surface area contributed by atoms with Crippen LogP contribution in [0.1, 0.15) is 23.3 Å². The number of hydrogen-bond donors (Lipinski definition) is 2. The Kier molecular flexibility index (Phi) is 3.30. The minimum absolute atomic E-state index is 0.216. The van der Waals surface area contributed by atoms with Gasteiger partial charge in [-0.2, -0.15) is 11.8 Å². The molecule has 1 aromatic heterocycles. The summed E-state index contributed by atoms with van der Waals surface area (Å²) in [5.41, 5.74) is 0.295. The van der Waals surface area contributed by atoms with Crippen LogP contribution in [0.4, 0.5) is 4.39 Å². The number of carbonyl (C=O) groups is 1. The van der Waals surface area contributed by atoms with Crippen LogP contribution in [-0.2, 0) is 0 Å². The van der Waals surface area contributed by atoms with Gasteiger partial charge in [0.05, 0.1) is 0 Å². The Morgan fingerprint density at radius 3 is 3.13 bits per heavy atom. The van der Waals surface area contributed by atoms with E-state index in [9.17, 15) is 9.18 Å². The normalized spacial score (nSPS) is 21.3. The van der Waals surface area contributed by atoms with Gasteiger partial charge < -0.3 is 10.3 Å². The van der Waals surface area contributed by atoms with Crippen molar-refractivity contribution in [3.8, 4) is 0 Å². The average molecular weight is 228 g/mol. The van der Waals surface area contributed by atoms with Crippen molar-refractivity contribution < 1.29 is 9.18 Å². The zero-order valence-electron chi connectivity index (χ0n) is 8.25. The molecule has 5 heteroatoms. The highest BCUT2D eigenvalue weighted by atomic mass is 32.2. The molecule has 0 bridgehead atoms. The van der Waals surface area contributed by atoms with Gasteiger partial charge in [0.15, 0.2) is 0 Å². The van der Waals surface area contributed by atoms with Crippen molar-refractivity contribution in [2.45, 2.75) is 18.9 Å². The first-order chi connectivity index (χ1) is 7.25. The maximum absolute atomic E-state index is 12.7. The molecule has 1 aliphatic heterocycles. The smallest absolute Gasteiger partial charge is 0.268 e. The van der Waals surface area contributed by atoms with Crippen LogP contribution >= 0.6 is 11.8 Å². The molecule has 15 heavy (non-hydrogen) atoms. The van der Waals surface area contributed by atoms with Gasteiger partial charge in [-0.25, -0.2) is 4.39 Å². The van der Waals surface area contributed by atoms with Crippen molar-refractivity contribution in [1.82, 2.24) is 10.3 Å². The molecule has 1 amide bonds. The molecule has 0 radical (unpaired) electrons. The average Bonchev–Trinajstić information content (AvgIpc) is 2.66. The maximum atomic E-state index is 12.7. The highest BCUT2D eigenvalue weighted by Gasteiger charge is 2.17. The molecule has 0 unspecified atom stereocenters. The molecule has 1 aromatic rings. The molecular formula is C10H13FN2OS. The summed E-state index contributed by atoms with van der Waals surface area (Å²) in [6.45, 7) is 0. The van der Waals surface area contributed by atoms with E-state index < -0.39 is 5.82 Å². The van der Waals surface area contributed by atoms with E-state index in [1.807, 2.05) is 11.8 Å². The van der Waals surface area contributed by atoms with Crippen LogP contribution < -0.4 is 5.32 Å². The van der Waals surface area contributed by atoms with E-state index in [2.05, 4.69) is 10.3 Å². The first kappa shape index (κ1) is 10.5. The van der Waals surface area contributed by atoms with Crippen LogP contribution in [0.2, 0.25) is 0 Å². The lowest BCUT2D eigenvalue weighted by molar-refractivity contribution is 0.0934. The summed E-state index contributed by atoms with van der Waals surface area (Å²) in [5.74, 6) is 1.50. The second-order valence-electron chi connectivity index (χ2n) is 3.62. The lowest BCUT2D eigenvalue weighted by Gasteiger charge is -2.22. The molecule has 1 fully saturated rings. The highest BCUT2D eigenvalue weighted by Crippen LogP contribution is 2.17. The molecule has 82 valence electrons. The number of thioether (sulfide) groups is 1. The number of aromatic amines is 1. The lowest BCUT2D eigenvalue weighted by Crippen LogP contribution is -2.38. The monoisotopic (exact) mass is 228 g/mol. The van der Waals surface area contributed by atoms with Gasteiger partial charge in [-0.1, -0.05) is 0 Å². The first-order valence-corrected chi connectivity index (χ1v) is 6.14. The molecule has 2 rings (SSSR count). The fourth-order valence-electron chi connectivity index (χ4n) is 1.62. The molecule has 1 saturated heterocycles. The van der Waals surface area contributed by atoms with E-state index in [-0.39, 0.29) is 11.9 Å². The van der Waals surface area contributed by atoms with Gasteiger partial charge in [-0.15, -0.1) is 0 Å². The van der Waals surface area contributed by atoms with Crippen molar-refractivity contribution in [3.63, 3.8) is 0 Å². The molecule has 1 atom stereocenters. The fourth-order valence-corrected chi connectivity index (χ4v) is 2.69. The molecule has 2 N–H and O–H groups in total. The van der Waals surface area contributed by atoms with Gasteiger partial charge in [-0.3, -0.25) is 4.79 Å². The second kappa shape index (κ2) is 4.70. The van der Waals surface area contributed by atoms with Gasteiger partial charge in [0.25, 0.3) is 5.91 Å². The zero-order valence-corrected chi connectivity index (χ0v) is 9.07. The van der Waals surface area contributed by atoms with Gasteiger partial charge in [0.2, 0.25) is 0 Å². The van der Waals surface area contributed by atoms with E-state index in [1.165, 1.54) is 18.0 Å². The van der Waals surface area contributed by atoms with Crippen molar-refractivity contribution >= 4 is 17.7 Å². The number of H-pyrrole nitrogens is 1. The van der Waals surface area contributed by atoms with E-state index in [0.29, 0.717) is 5.69 Å². The summed E-state index contributed by atoms with van der Waals surface area (Å²) >= 11 is 1.85. The summed E-state index contributed by atoms with van der Waals surface area (Å²) in [5, 5.41) is 2.89. The lowest BCUT2D eigenvalue weighted by atomic mass is 10.2. The standard InChI is InChI=1S/C10H13FN2OS/c11-7-4-9(12-5-7)10(14)13-8-2-1-3-15-6-8/h4-5,8,12H,1-3,6H2,(H,13,14)/t8-/m0/s1. The third-order valence-corrected chi connectivity index (χ3v) is 3.60. The topological polar surface area (TPSA) is 44.9 Å². The number of carbonyl (C=O) groups excluding carboxylic acids is 1. The van der Waals surface area contributed by atoms with Gasteiger partial charge in [-0.05, 0) is 18.6 Å². The third-order valence-electron chi connectivity index (χ3n) is 2.39. The Morgan fingerprint density at radius 2 is 2.53 bits per heavy atom. The Labute approximate surface area is 91.8 Å². The first-order valence-electron chi connectivity index (χ1n) is 4.98. The fraction of sp³-hybridized carbons (Fsp3) is 0.500. The van der Waals surface area contributed by atoms with Crippen molar-refractivity contribution in [3.05, 3.63) is 23.8 Å². The summed E-state index contributed by atoms with van der Waals surface area (Å²) in [6.07, 6.45) is 3.33. The molecule has 0 spiro atoms. The molecular weight excluding hydrogens is 215 g/mol. The minimum atomic E-state index is -0.404. The van der Waals surface area contributed by atoms with Crippen molar-refractivity contribution in [1.29, 1.82) is 0 Å². The van der Waals surface area contributed by atoms with Crippen LogP contribution in [0.15, 0.2) is 12.3 Å². The van der Waals surface area contributed by atoms with Crippen LogP contribution in [0.5, 0.6) is 0 Å². The quantitative estimate of drug-likeness (QED) is 0.810. The van der Waals surface area contributed by atoms with Crippen molar-refractivity contribution in [2.24, 2.45) is 0 Å². The Morgan fingerprint density at radius 1 is 1.67 bits per heavy atom. The number of aromatic nitrogens is 1. The summed E-state index contributed by atoms with van der Waals surface area (Å²) in [7, 11) is 0. The van der Waals surface area contributed by atoms with E-state index in [0.717, 1.165) is 18.6 Å². The van der Waals surface area contributed by atoms with Crippen LogP contribution in [0.25, 0.3) is 0 Å². The SMILES string of the molecule is O=C(N[C@H]1CCCSC1)c1cc(F)c[nH]1. The largest absolute Gasteiger partial charge is 0.355 e. The Balaban J connectivity index is 1.91. The van der Waals surface area contributed by atoms with Crippen LogP contribution in [-0.4, -0.2) is 28.4 Å². The van der Waals surface area contributed by atoms with Gasteiger partial charge in [0.1, 0.15) is 11.5 Å². The number of hydrogen-bond acceptors (Lipinski definition) is 2. The number of nitrogens with one attached hydrogen (secondary N) is 2. The summed E-state index contributed by atoms with van der Waals surface area (Å²) < 4.78 is 12.7. The van der Waals surface area contributed by atoms with Crippen LogP contribution in [0.3, 0.4) is 0 Å². The molecule has 3 nitrogen and oxygen atoms in total. The summed E-state index contributed by atoms with van der Waals surface area (Å²) in [4.78, 5) is 14.2. The molecule has 0 aromatic carbocycles. The second-order valence-corrected chi connectivity index (χ2v) is 4.77. The number of amides is 1. The molecule has 1 aliphatic rings. The van der Waals surface area contributed by atoms with Gasteiger partial charge in [0, 0.05) is 24.1 Å². The van der Waals surface area contributed by atoms with E-state index >= 15 is 0 Å². The van der Waals surface area contributed by atoms with Crippen LogP contribution in [0, 0.1) is 5.82 Å². The molecule has 0 saturated carbocycles. The van der Waals surface area contributed by atoms with E-state index in [4.69, 9.17) is 0 Å². The maximum Gasteiger partial charge on any atom is 0.268 e. The van der Waals surface area contributed by atoms with E-state index in [1.54, 1.807) is 0 Å². The third kappa shape index (κ3) is 2.75. The Hall–Kier alpha value is -0.970. The van der Waals surface area contributed by atoms with Crippen molar-refractivity contribution in [2.75, 3.05) is 11.5 Å². The predicted molar refractivity (Wildman–Crippen MR) is 58.6 cm³/mol. The zero-order chi connectivity index (χ0) is 10.7. The minimum Gasteiger partial charge on any atom is -0.355 e. The Bertz CT molecular complexity index is 347. The number of halogens is 1. The molecule has 0 aliphatic carbocycles. The molecule has 2 heterocycles. The summed E-state index contributed by atoms with van der Waals surface area (Å²) in [6, 6.07) is 1.44.